The first-order valence-electron chi connectivity index (χ1n) is 12.3. The van der Waals surface area contributed by atoms with E-state index in [1.807, 2.05) is 19.9 Å². The van der Waals surface area contributed by atoms with Crippen LogP contribution in [0.2, 0.25) is 0 Å². The van der Waals surface area contributed by atoms with Crippen LogP contribution in [0, 0.1) is 23.2 Å². The van der Waals surface area contributed by atoms with Crippen LogP contribution >= 0.6 is 0 Å². The van der Waals surface area contributed by atoms with Gasteiger partial charge in [-0.15, -0.1) is 0 Å². The van der Waals surface area contributed by atoms with Gasteiger partial charge in [0, 0.05) is 23.3 Å². The molecule has 0 spiro atoms. The van der Waals surface area contributed by atoms with Gasteiger partial charge in [0.05, 0.1) is 11.7 Å². The zero-order valence-corrected chi connectivity index (χ0v) is 20.7. The molecule has 0 radical (unpaired) electrons. The second-order valence-corrected chi connectivity index (χ2v) is 10.7. The molecule has 2 aliphatic carbocycles. The molecule has 2 fully saturated rings. The zero-order chi connectivity index (χ0) is 24.1. The number of fused-ring (bicyclic) bond motifs is 1. The summed E-state index contributed by atoms with van der Waals surface area (Å²) < 4.78 is 33.0. The molecule has 2 aliphatic rings. The average Bonchev–Trinajstić information content (AvgIpc) is 3.31. The number of hydrogen-bond acceptors (Lipinski definition) is 8. The van der Waals surface area contributed by atoms with Gasteiger partial charge in [-0.25, -0.2) is 0 Å². The van der Waals surface area contributed by atoms with E-state index in [4.69, 9.17) is 14.2 Å². The summed E-state index contributed by atoms with van der Waals surface area (Å²) in [6.07, 6.45) is 7.42. The summed E-state index contributed by atoms with van der Waals surface area (Å²) in [6, 6.07) is 8.00. The third-order valence-electron chi connectivity index (χ3n) is 7.07. The van der Waals surface area contributed by atoms with Crippen molar-refractivity contribution in [3.05, 3.63) is 29.6 Å². The van der Waals surface area contributed by atoms with Crippen LogP contribution in [0.15, 0.2) is 22.7 Å². The van der Waals surface area contributed by atoms with E-state index in [0.717, 1.165) is 50.0 Å². The number of hydrogen-bond donors (Lipinski definition) is 1. The van der Waals surface area contributed by atoms with Crippen molar-refractivity contribution < 1.29 is 18.0 Å². The fourth-order valence-corrected chi connectivity index (χ4v) is 6.04. The van der Waals surface area contributed by atoms with Gasteiger partial charge in [0.25, 0.3) is 5.89 Å². The molecule has 2 saturated carbocycles. The Labute approximate surface area is 203 Å². The van der Waals surface area contributed by atoms with Crippen molar-refractivity contribution in [1.29, 1.82) is 5.26 Å². The Morgan fingerprint density at radius 1 is 1.26 bits per heavy atom. The highest BCUT2D eigenvalue weighted by Gasteiger charge is 2.42. The Hall–Kier alpha value is -2.28. The minimum Gasteiger partial charge on any atom is -0.772 e. The van der Waals surface area contributed by atoms with Gasteiger partial charge in [0.1, 0.15) is 11.8 Å². The van der Waals surface area contributed by atoms with E-state index < -0.39 is 11.1 Å². The van der Waals surface area contributed by atoms with Crippen molar-refractivity contribution in [2.75, 3.05) is 12.3 Å². The maximum Gasteiger partial charge on any atom is 0.257 e. The predicted octanol–water partition coefficient (Wildman–Crippen LogP) is 4.31. The highest BCUT2D eigenvalue weighted by molar-refractivity contribution is 7.79. The summed E-state index contributed by atoms with van der Waals surface area (Å²) in [4.78, 5) is 4.76. The highest BCUT2D eigenvalue weighted by atomic mass is 32.2. The predicted molar refractivity (Wildman–Crippen MR) is 128 cm³/mol. The number of nitrogens with zero attached hydrogens (tertiary/aromatic N) is 3. The van der Waals surface area contributed by atoms with Crippen molar-refractivity contribution in [3.63, 3.8) is 0 Å². The first-order valence-corrected chi connectivity index (χ1v) is 13.5. The van der Waals surface area contributed by atoms with Crippen LogP contribution in [0.25, 0.3) is 11.5 Å². The SMILES string of the molecule is CC(C)Oc1ccc(-c2nc([C@@H]3CCC[C@@H]4[C@H]3CCC[C@H]4NCCCS(=O)[O-])no2)cc1C#N. The molecule has 1 aromatic carbocycles. The number of nitriles is 1. The van der Waals surface area contributed by atoms with Crippen LogP contribution in [-0.4, -0.2) is 43.3 Å². The molecular weight excluding hydrogens is 452 g/mol. The lowest BCUT2D eigenvalue weighted by molar-refractivity contribution is 0.101. The van der Waals surface area contributed by atoms with Gasteiger partial charge in [-0.3, -0.25) is 4.21 Å². The molecule has 9 heteroatoms. The Balaban J connectivity index is 1.47. The minimum absolute atomic E-state index is 0.0170. The van der Waals surface area contributed by atoms with Gasteiger partial charge in [-0.05, 0) is 82.5 Å². The van der Waals surface area contributed by atoms with E-state index >= 15 is 0 Å². The van der Waals surface area contributed by atoms with E-state index in [1.54, 1.807) is 12.1 Å². The first-order chi connectivity index (χ1) is 16.5. The number of aromatic nitrogens is 2. The van der Waals surface area contributed by atoms with Crippen molar-refractivity contribution in [2.24, 2.45) is 11.8 Å². The van der Waals surface area contributed by atoms with Gasteiger partial charge in [0.2, 0.25) is 0 Å². The van der Waals surface area contributed by atoms with E-state index in [-0.39, 0.29) is 17.8 Å². The smallest absolute Gasteiger partial charge is 0.257 e. The Bertz CT molecular complexity index is 1030. The highest BCUT2D eigenvalue weighted by Crippen LogP contribution is 2.47. The quantitative estimate of drug-likeness (QED) is 0.412. The Kier molecular flexibility index (Phi) is 8.35. The van der Waals surface area contributed by atoms with Crippen LogP contribution in [0.4, 0.5) is 0 Å². The van der Waals surface area contributed by atoms with Gasteiger partial charge < -0.3 is 19.1 Å². The standard InChI is InChI=1S/C25H34N4O4S/c1-16(2)32-23-11-10-17(14-18(23)15-26)25-28-24(29-33-25)21-8-3-7-20-19(21)6-4-9-22(20)27-12-5-13-34(30)31/h10-11,14,16,19-22,27H,3-9,12-13H2,1-2H3,(H,30,31)/p-1/t19-,20-,21-,22-/m1/s1. The van der Waals surface area contributed by atoms with E-state index in [2.05, 4.69) is 16.5 Å². The lowest BCUT2D eigenvalue weighted by Crippen LogP contribution is -2.46. The fourth-order valence-electron chi connectivity index (χ4n) is 5.66. The molecule has 1 unspecified atom stereocenters. The van der Waals surface area contributed by atoms with Crippen molar-refractivity contribution in [2.45, 2.75) is 76.9 Å². The number of benzene rings is 1. The summed E-state index contributed by atoms with van der Waals surface area (Å²) in [6.45, 7) is 4.59. The summed E-state index contributed by atoms with van der Waals surface area (Å²) in [5, 5.41) is 17.5. The number of rotatable bonds is 9. The summed E-state index contributed by atoms with van der Waals surface area (Å²) >= 11 is -1.97. The van der Waals surface area contributed by atoms with Crippen LogP contribution in [-0.2, 0) is 11.1 Å². The van der Waals surface area contributed by atoms with Crippen molar-refractivity contribution >= 4 is 11.1 Å². The van der Waals surface area contributed by atoms with Gasteiger partial charge in [0.15, 0.2) is 5.82 Å². The molecule has 34 heavy (non-hydrogen) atoms. The molecule has 0 amide bonds. The normalized spacial score (nSPS) is 25.5. The first kappa shape index (κ1) is 24.8. The van der Waals surface area contributed by atoms with Crippen LogP contribution in [0.3, 0.4) is 0 Å². The molecular formula is C25H33N4O4S-. The van der Waals surface area contributed by atoms with E-state index in [1.165, 1.54) is 6.42 Å². The van der Waals surface area contributed by atoms with Gasteiger partial charge >= 0.3 is 0 Å². The summed E-state index contributed by atoms with van der Waals surface area (Å²) in [5.41, 5.74) is 1.17. The molecule has 0 bridgehead atoms. The molecule has 0 saturated heterocycles. The maximum absolute atomic E-state index is 10.8. The van der Waals surface area contributed by atoms with Gasteiger partial charge in [-0.1, -0.05) is 29.1 Å². The van der Waals surface area contributed by atoms with E-state index in [0.29, 0.717) is 41.5 Å². The Morgan fingerprint density at radius 3 is 2.82 bits per heavy atom. The molecule has 1 aromatic heterocycles. The van der Waals surface area contributed by atoms with E-state index in [9.17, 15) is 14.0 Å². The lowest BCUT2D eigenvalue weighted by Gasteiger charge is -2.45. The topological polar surface area (TPSA) is 124 Å². The maximum atomic E-state index is 10.8. The second kappa shape index (κ2) is 11.4. The molecule has 1 N–H and O–H groups in total. The molecule has 2 aromatic rings. The molecule has 1 heterocycles. The minimum atomic E-state index is -1.97. The summed E-state index contributed by atoms with van der Waals surface area (Å²) in [5.74, 6) is 3.25. The molecule has 4 rings (SSSR count). The number of ether oxygens (including phenoxy) is 1. The average molecular weight is 486 g/mol. The molecule has 0 aliphatic heterocycles. The van der Waals surface area contributed by atoms with Gasteiger partial charge in [-0.2, -0.15) is 10.2 Å². The fraction of sp³-hybridized carbons (Fsp3) is 0.640. The third-order valence-corrected chi connectivity index (χ3v) is 7.69. The van der Waals surface area contributed by atoms with Crippen molar-refractivity contribution in [1.82, 2.24) is 15.5 Å². The second-order valence-electron chi connectivity index (χ2n) is 9.67. The van der Waals surface area contributed by atoms with Crippen LogP contribution in [0.5, 0.6) is 5.75 Å². The number of nitrogens with one attached hydrogen (secondary N) is 1. The molecule has 5 atom stereocenters. The van der Waals surface area contributed by atoms with Crippen LogP contribution < -0.4 is 10.1 Å². The largest absolute Gasteiger partial charge is 0.772 e. The monoisotopic (exact) mass is 485 g/mol. The zero-order valence-electron chi connectivity index (χ0n) is 19.9. The molecule has 184 valence electrons. The lowest BCUT2D eigenvalue weighted by atomic mass is 9.63. The molecule has 8 nitrogen and oxygen atoms in total. The van der Waals surface area contributed by atoms with Crippen molar-refractivity contribution in [3.8, 4) is 23.3 Å². The van der Waals surface area contributed by atoms with Crippen LogP contribution in [0.1, 0.15) is 76.1 Å². The summed E-state index contributed by atoms with van der Waals surface area (Å²) in [7, 11) is 0. The third kappa shape index (κ3) is 5.85. The Morgan fingerprint density at radius 2 is 2.06 bits per heavy atom.